The highest BCUT2D eigenvalue weighted by Crippen LogP contribution is 2.35. The van der Waals surface area contributed by atoms with Crippen molar-refractivity contribution < 1.29 is 23.5 Å². The molecule has 0 N–H and O–H groups in total. The van der Waals surface area contributed by atoms with Crippen molar-refractivity contribution in [1.82, 2.24) is 9.78 Å². The van der Waals surface area contributed by atoms with Crippen LogP contribution in [-0.2, 0) is 16.6 Å². The van der Waals surface area contributed by atoms with Crippen molar-refractivity contribution in [3.05, 3.63) is 42.0 Å². The first-order valence-electron chi connectivity index (χ1n) is 6.85. The van der Waals surface area contributed by atoms with Crippen LogP contribution in [0.1, 0.15) is 10.5 Å². The van der Waals surface area contributed by atoms with Crippen LogP contribution < -0.4 is 9.64 Å². The van der Waals surface area contributed by atoms with Crippen LogP contribution in [-0.4, -0.2) is 41.4 Å². The summed E-state index contributed by atoms with van der Waals surface area (Å²) in [6.45, 7) is -0.0410. The van der Waals surface area contributed by atoms with Crippen LogP contribution in [0.4, 0.5) is 10.1 Å². The Morgan fingerprint density at radius 1 is 1.39 bits per heavy atom. The maximum absolute atomic E-state index is 13.4. The van der Waals surface area contributed by atoms with E-state index in [1.807, 2.05) is 0 Å². The third kappa shape index (κ3) is 2.75. The van der Waals surface area contributed by atoms with Gasteiger partial charge in [-0.3, -0.25) is 14.4 Å². The minimum Gasteiger partial charge on any atom is -0.475 e. The first kappa shape index (κ1) is 15.0. The summed E-state index contributed by atoms with van der Waals surface area (Å²) in [5.74, 6) is -1.47. The minimum absolute atomic E-state index is 0.0410. The molecular weight excluding hydrogens is 305 g/mol. The molecule has 1 aromatic carbocycles. The third-order valence-corrected chi connectivity index (χ3v) is 3.47. The molecule has 0 aliphatic carbocycles. The molecule has 2 heterocycles. The van der Waals surface area contributed by atoms with E-state index in [1.54, 1.807) is 19.3 Å². The predicted octanol–water partition coefficient (Wildman–Crippen LogP) is 1.14. The first-order valence-corrected chi connectivity index (χ1v) is 6.85. The van der Waals surface area contributed by atoms with Gasteiger partial charge in [-0.05, 0) is 18.2 Å². The molecule has 1 aromatic heterocycles. The SMILES string of the molecule is COC(=O)[C@@H]1CN(C(=O)c2ccn(C)n2)c2ccc(F)cc2O1. The lowest BCUT2D eigenvalue weighted by atomic mass is 10.1. The monoisotopic (exact) mass is 319 g/mol. The van der Waals surface area contributed by atoms with E-state index in [9.17, 15) is 14.0 Å². The highest BCUT2D eigenvalue weighted by Gasteiger charge is 2.35. The lowest BCUT2D eigenvalue weighted by Crippen LogP contribution is -2.47. The van der Waals surface area contributed by atoms with Crippen molar-refractivity contribution in [2.75, 3.05) is 18.6 Å². The Morgan fingerprint density at radius 3 is 2.83 bits per heavy atom. The van der Waals surface area contributed by atoms with E-state index < -0.39 is 23.8 Å². The number of methoxy groups -OCH3 is 1. The van der Waals surface area contributed by atoms with Crippen LogP contribution in [0.3, 0.4) is 0 Å². The second-order valence-corrected chi connectivity index (χ2v) is 5.03. The summed E-state index contributed by atoms with van der Waals surface area (Å²) >= 11 is 0. The number of benzene rings is 1. The number of hydrogen-bond donors (Lipinski definition) is 0. The second-order valence-electron chi connectivity index (χ2n) is 5.03. The Morgan fingerprint density at radius 2 is 2.17 bits per heavy atom. The molecule has 0 fully saturated rings. The fraction of sp³-hybridized carbons (Fsp3) is 0.267. The summed E-state index contributed by atoms with van der Waals surface area (Å²) in [5.41, 5.74) is 0.593. The Hall–Kier alpha value is -2.90. The van der Waals surface area contributed by atoms with Gasteiger partial charge in [-0.2, -0.15) is 5.10 Å². The fourth-order valence-electron chi connectivity index (χ4n) is 2.37. The standard InChI is InChI=1S/C15H14FN3O4/c1-18-6-5-10(17-18)14(20)19-8-13(15(21)22-2)23-12-7-9(16)3-4-11(12)19/h3-7,13H,8H2,1-2H3/t13-/m0/s1. The summed E-state index contributed by atoms with van der Waals surface area (Å²) in [6.07, 6.45) is 0.610. The van der Waals surface area contributed by atoms with E-state index in [0.29, 0.717) is 5.69 Å². The molecule has 0 radical (unpaired) electrons. The number of ether oxygens (including phenoxy) is 2. The van der Waals surface area contributed by atoms with Gasteiger partial charge >= 0.3 is 5.97 Å². The van der Waals surface area contributed by atoms with Gasteiger partial charge in [0.2, 0.25) is 6.10 Å². The molecule has 0 saturated heterocycles. The molecule has 1 amide bonds. The number of fused-ring (bicyclic) bond motifs is 1. The van der Waals surface area contributed by atoms with E-state index in [-0.39, 0.29) is 18.0 Å². The smallest absolute Gasteiger partial charge is 0.348 e. The number of aryl methyl sites for hydroxylation is 1. The van der Waals surface area contributed by atoms with Gasteiger partial charge in [-0.15, -0.1) is 0 Å². The molecule has 0 bridgehead atoms. The third-order valence-electron chi connectivity index (χ3n) is 3.47. The quantitative estimate of drug-likeness (QED) is 0.776. The summed E-state index contributed by atoms with van der Waals surface area (Å²) in [5, 5.41) is 4.06. The Bertz CT molecular complexity index is 774. The van der Waals surface area contributed by atoms with E-state index >= 15 is 0 Å². The second kappa shape index (κ2) is 5.71. The molecule has 0 spiro atoms. The van der Waals surface area contributed by atoms with Crippen molar-refractivity contribution >= 4 is 17.6 Å². The lowest BCUT2D eigenvalue weighted by molar-refractivity contribution is -0.148. The number of carbonyl (C=O) groups excluding carboxylic acids is 2. The van der Waals surface area contributed by atoms with E-state index in [4.69, 9.17) is 4.74 Å². The number of halogens is 1. The van der Waals surface area contributed by atoms with Crippen molar-refractivity contribution in [3.8, 4) is 5.75 Å². The Kier molecular flexibility index (Phi) is 3.73. The number of carbonyl (C=O) groups is 2. The molecule has 1 atom stereocenters. The van der Waals surface area contributed by atoms with Crippen LogP contribution in [0.25, 0.3) is 0 Å². The number of rotatable bonds is 2. The van der Waals surface area contributed by atoms with Gasteiger partial charge in [-0.1, -0.05) is 0 Å². The first-order chi connectivity index (χ1) is 11.0. The van der Waals surface area contributed by atoms with Gasteiger partial charge < -0.3 is 9.47 Å². The highest BCUT2D eigenvalue weighted by molar-refractivity contribution is 6.06. The van der Waals surface area contributed by atoms with Crippen LogP contribution in [0.5, 0.6) is 5.75 Å². The predicted molar refractivity (Wildman–Crippen MR) is 77.7 cm³/mol. The van der Waals surface area contributed by atoms with E-state index in [0.717, 1.165) is 6.07 Å². The number of hydrogen-bond acceptors (Lipinski definition) is 5. The number of anilines is 1. The molecule has 120 valence electrons. The topological polar surface area (TPSA) is 73.7 Å². The van der Waals surface area contributed by atoms with Crippen molar-refractivity contribution in [3.63, 3.8) is 0 Å². The molecule has 23 heavy (non-hydrogen) atoms. The largest absolute Gasteiger partial charge is 0.475 e. The maximum Gasteiger partial charge on any atom is 0.348 e. The number of nitrogens with zero attached hydrogens (tertiary/aromatic N) is 3. The average molecular weight is 319 g/mol. The zero-order valence-electron chi connectivity index (χ0n) is 12.5. The maximum atomic E-state index is 13.4. The molecule has 8 heteroatoms. The van der Waals surface area contributed by atoms with Gasteiger partial charge in [0.1, 0.15) is 11.6 Å². The zero-order chi connectivity index (χ0) is 16.6. The Labute approximate surface area is 131 Å². The Balaban J connectivity index is 2.01. The minimum atomic E-state index is -1.03. The van der Waals surface area contributed by atoms with Crippen LogP contribution in [0.15, 0.2) is 30.5 Å². The summed E-state index contributed by atoms with van der Waals surface area (Å²) in [6, 6.07) is 5.34. The summed E-state index contributed by atoms with van der Waals surface area (Å²) < 4.78 is 25.1. The van der Waals surface area contributed by atoms with Gasteiger partial charge in [0.15, 0.2) is 5.69 Å². The number of amides is 1. The van der Waals surface area contributed by atoms with Crippen LogP contribution in [0.2, 0.25) is 0 Å². The summed E-state index contributed by atoms with van der Waals surface area (Å²) in [7, 11) is 2.91. The van der Waals surface area contributed by atoms with Crippen molar-refractivity contribution in [2.45, 2.75) is 6.10 Å². The molecule has 1 aliphatic heterocycles. The number of esters is 1. The lowest BCUT2D eigenvalue weighted by Gasteiger charge is -2.33. The van der Waals surface area contributed by atoms with E-state index in [2.05, 4.69) is 9.84 Å². The average Bonchev–Trinajstić information content (AvgIpc) is 2.98. The molecule has 2 aromatic rings. The van der Waals surface area contributed by atoms with Gasteiger partial charge in [0.05, 0.1) is 19.3 Å². The van der Waals surface area contributed by atoms with Crippen LogP contribution >= 0.6 is 0 Å². The van der Waals surface area contributed by atoms with Crippen molar-refractivity contribution in [1.29, 1.82) is 0 Å². The van der Waals surface area contributed by atoms with Gasteiger partial charge in [0, 0.05) is 19.3 Å². The molecular formula is C15H14FN3O4. The molecule has 7 nitrogen and oxygen atoms in total. The zero-order valence-corrected chi connectivity index (χ0v) is 12.5. The van der Waals surface area contributed by atoms with Gasteiger partial charge in [-0.25, -0.2) is 9.18 Å². The summed E-state index contributed by atoms with van der Waals surface area (Å²) in [4.78, 5) is 25.8. The highest BCUT2D eigenvalue weighted by atomic mass is 19.1. The van der Waals surface area contributed by atoms with Gasteiger partial charge in [0.25, 0.3) is 5.91 Å². The molecule has 0 unspecified atom stereocenters. The molecule has 0 saturated carbocycles. The molecule has 3 rings (SSSR count). The van der Waals surface area contributed by atoms with Crippen LogP contribution in [0, 0.1) is 5.82 Å². The normalized spacial score (nSPS) is 16.5. The van der Waals surface area contributed by atoms with E-state index in [1.165, 1.54) is 28.8 Å². The molecule has 1 aliphatic rings. The fourth-order valence-corrected chi connectivity index (χ4v) is 2.37. The van der Waals surface area contributed by atoms with Crippen molar-refractivity contribution in [2.24, 2.45) is 7.05 Å². The number of aromatic nitrogens is 2.